The number of aryl methyl sites for hydroxylation is 1. The molecule has 4 nitrogen and oxygen atoms in total. The third kappa shape index (κ3) is 1.96. The van der Waals surface area contributed by atoms with Gasteiger partial charge in [0.25, 0.3) is 0 Å². The Balaban J connectivity index is 1.83. The molecule has 0 unspecified atom stereocenters. The van der Waals surface area contributed by atoms with Crippen molar-refractivity contribution >= 4 is 28.2 Å². The minimum absolute atomic E-state index is 0.346. The molecule has 1 amide bonds. The lowest BCUT2D eigenvalue weighted by atomic mass is 9.96. The molecule has 1 aromatic heterocycles. The van der Waals surface area contributed by atoms with Crippen LogP contribution in [-0.2, 0) is 22.4 Å². The fourth-order valence-electron chi connectivity index (χ4n) is 2.73. The van der Waals surface area contributed by atoms with E-state index >= 15 is 0 Å². The predicted molar refractivity (Wildman–Crippen MR) is 73.6 cm³/mol. The normalized spacial score (nSPS) is 19.6. The summed E-state index contributed by atoms with van der Waals surface area (Å²) >= 11 is 1.62. The fraction of sp³-hybridized carbons (Fsp3) is 0.571. The second kappa shape index (κ2) is 4.34. The molecule has 5 heteroatoms. The number of fused-ring (bicyclic) bond motifs is 1. The molecule has 0 aliphatic heterocycles. The molecule has 0 atom stereocenters. The van der Waals surface area contributed by atoms with Crippen molar-refractivity contribution in [3.05, 3.63) is 16.0 Å². The highest BCUT2D eigenvalue weighted by Gasteiger charge is 2.57. The van der Waals surface area contributed by atoms with Crippen molar-refractivity contribution in [1.29, 1.82) is 0 Å². The van der Waals surface area contributed by atoms with Gasteiger partial charge >= 0.3 is 5.97 Å². The van der Waals surface area contributed by atoms with Crippen LogP contribution in [0.2, 0.25) is 0 Å². The highest BCUT2D eigenvalue weighted by atomic mass is 32.1. The van der Waals surface area contributed by atoms with Gasteiger partial charge in [0, 0.05) is 4.88 Å². The largest absolute Gasteiger partial charge is 0.480 e. The number of hydrogen-bond donors (Lipinski definition) is 2. The van der Waals surface area contributed by atoms with Gasteiger partial charge in [-0.15, -0.1) is 11.3 Å². The molecule has 1 heterocycles. The summed E-state index contributed by atoms with van der Waals surface area (Å²) in [6.07, 6.45) is 5.49. The number of anilines is 1. The predicted octanol–water partition coefficient (Wildman–Crippen LogP) is 2.74. The van der Waals surface area contributed by atoms with Crippen LogP contribution in [0.5, 0.6) is 0 Å². The van der Waals surface area contributed by atoms with Crippen molar-refractivity contribution in [2.45, 2.75) is 45.4 Å². The summed E-state index contributed by atoms with van der Waals surface area (Å²) in [6.45, 7) is 2.02. The summed E-state index contributed by atoms with van der Waals surface area (Å²) in [6, 6.07) is 0. The number of hydrogen-bond acceptors (Lipinski definition) is 3. The van der Waals surface area contributed by atoms with E-state index in [-0.39, 0.29) is 5.91 Å². The van der Waals surface area contributed by atoms with Crippen molar-refractivity contribution in [2.24, 2.45) is 5.41 Å². The Morgan fingerprint density at radius 3 is 2.53 bits per heavy atom. The standard InChI is InChI=1S/C14H17NO3S/c1-8-9-4-2-3-5-10(9)19-11(8)15-12(16)14(6-7-14)13(17)18/h2-7H2,1H3,(H,15,16)(H,17,18). The van der Waals surface area contributed by atoms with E-state index < -0.39 is 11.4 Å². The monoisotopic (exact) mass is 279 g/mol. The van der Waals surface area contributed by atoms with Crippen molar-refractivity contribution in [1.82, 2.24) is 0 Å². The van der Waals surface area contributed by atoms with Gasteiger partial charge in [-0.25, -0.2) is 0 Å². The van der Waals surface area contributed by atoms with Gasteiger partial charge < -0.3 is 10.4 Å². The maximum absolute atomic E-state index is 12.1. The number of nitrogens with one attached hydrogen (secondary N) is 1. The first kappa shape index (κ1) is 12.7. The van der Waals surface area contributed by atoms with Crippen molar-refractivity contribution < 1.29 is 14.7 Å². The molecule has 2 aliphatic carbocycles. The van der Waals surface area contributed by atoms with Crippen LogP contribution in [0, 0.1) is 12.3 Å². The molecular formula is C14H17NO3S. The lowest BCUT2D eigenvalue weighted by Crippen LogP contribution is -2.31. The molecule has 0 saturated heterocycles. The van der Waals surface area contributed by atoms with Crippen LogP contribution in [0.15, 0.2) is 0 Å². The van der Waals surface area contributed by atoms with Crippen molar-refractivity contribution in [3.8, 4) is 0 Å². The molecule has 0 radical (unpaired) electrons. The molecule has 19 heavy (non-hydrogen) atoms. The zero-order chi connectivity index (χ0) is 13.6. The highest BCUT2D eigenvalue weighted by molar-refractivity contribution is 7.16. The van der Waals surface area contributed by atoms with Gasteiger partial charge in [-0.1, -0.05) is 0 Å². The Morgan fingerprint density at radius 1 is 1.26 bits per heavy atom. The van der Waals surface area contributed by atoms with Crippen molar-refractivity contribution in [2.75, 3.05) is 5.32 Å². The van der Waals surface area contributed by atoms with Gasteiger partial charge in [0.1, 0.15) is 5.41 Å². The van der Waals surface area contributed by atoms with E-state index in [2.05, 4.69) is 5.32 Å². The number of aliphatic carboxylic acids is 1. The van der Waals surface area contributed by atoms with Crippen LogP contribution in [0.1, 0.15) is 41.7 Å². The highest BCUT2D eigenvalue weighted by Crippen LogP contribution is 2.47. The Hall–Kier alpha value is -1.36. The van der Waals surface area contributed by atoms with E-state index in [0.717, 1.165) is 23.4 Å². The van der Waals surface area contributed by atoms with Gasteiger partial charge in [-0.3, -0.25) is 9.59 Å². The average Bonchev–Trinajstić information content (AvgIpc) is 3.14. The first-order valence-electron chi connectivity index (χ1n) is 6.70. The van der Waals surface area contributed by atoms with Crippen molar-refractivity contribution in [3.63, 3.8) is 0 Å². The number of carbonyl (C=O) groups is 2. The van der Waals surface area contributed by atoms with Gasteiger partial charge in [0.15, 0.2) is 0 Å². The number of thiophene rings is 1. The van der Waals surface area contributed by atoms with Crippen LogP contribution in [0.4, 0.5) is 5.00 Å². The topological polar surface area (TPSA) is 66.4 Å². The quantitative estimate of drug-likeness (QED) is 0.836. The van der Waals surface area contributed by atoms with E-state index in [1.54, 1.807) is 11.3 Å². The van der Waals surface area contributed by atoms with E-state index in [1.165, 1.54) is 23.3 Å². The first-order valence-corrected chi connectivity index (χ1v) is 7.52. The van der Waals surface area contributed by atoms with E-state index in [9.17, 15) is 9.59 Å². The summed E-state index contributed by atoms with van der Waals surface area (Å²) in [5.41, 5.74) is 1.35. The Bertz CT molecular complexity index is 557. The summed E-state index contributed by atoms with van der Waals surface area (Å²) in [5, 5.41) is 12.8. The second-order valence-electron chi connectivity index (χ2n) is 5.51. The first-order chi connectivity index (χ1) is 9.04. The third-order valence-electron chi connectivity index (χ3n) is 4.26. The summed E-state index contributed by atoms with van der Waals surface area (Å²) in [7, 11) is 0. The van der Waals surface area contributed by atoms with Crippen LogP contribution >= 0.6 is 11.3 Å². The number of carboxylic acids is 1. The van der Waals surface area contributed by atoms with Gasteiger partial charge in [-0.05, 0) is 56.6 Å². The molecule has 0 bridgehead atoms. The zero-order valence-corrected chi connectivity index (χ0v) is 11.7. The maximum atomic E-state index is 12.1. The Labute approximate surface area is 115 Å². The lowest BCUT2D eigenvalue weighted by molar-refractivity contribution is -0.147. The smallest absolute Gasteiger partial charge is 0.319 e. The molecule has 2 aliphatic rings. The molecule has 1 saturated carbocycles. The summed E-state index contributed by atoms with van der Waals surface area (Å²) in [4.78, 5) is 24.6. The molecule has 1 fully saturated rings. The maximum Gasteiger partial charge on any atom is 0.319 e. The molecular weight excluding hydrogens is 262 g/mol. The van der Waals surface area contributed by atoms with Crippen LogP contribution in [-0.4, -0.2) is 17.0 Å². The number of amides is 1. The molecule has 3 rings (SSSR count). The summed E-state index contributed by atoms with van der Waals surface area (Å²) in [5.74, 6) is -1.34. The molecule has 0 spiro atoms. The van der Waals surface area contributed by atoms with E-state index in [4.69, 9.17) is 5.11 Å². The molecule has 2 N–H and O–H groups in total. The molecule has 1 aromatic rings. The average molecular weight is 279 g/mol. The second-order valence-corrected chi connectivity index (χ2v) is 6.61. The van der Waals surface area contributed by atoms with Crippen LogP contribution < -0.4 is 5.32 Å². The Morgan fingerprint density at radius 2 is 1.95 bits per heavy atom. The summed E-state index contributed by atoms with van der Waals surface area (Å²) < 4.78 is 0. The molecule has 0 aromatic carbocycles. The van der Waals surface area contributed by atoms with Gasteiger partial charge in [0.2, 0.25) is 5.91 Å². The van der Waals surface area contributed by atoms with E-state index in [0.29, 0.717) is 12.8 Å². The minimum Gasteiger partial charge on any atom is -0.480 e. The van der Waals surface area contributed by atoms with Gasteiger partial charge in [-0.2, -0.15) is 0 Å². The number of carboxylic acid groups (broad SMARTS) is 1. The SMILES string of the molecule is Cc1c(NC(=O)C2(C(=O)O)CC2)sc2c1CCCC2. The number of carbonyl (C=O) groups excluding carboxylic acids is 1. The zero-order valence-electron chi connectivity index (χ0n) is 10.9. The Kier molecular flexibility index (Phi) is 2.89. The molecule has 102 valence electrons. The van der Waals surface area contributed by atoms with Crippen LogP contribution in [0.25, 0.3) is 0 Å². The fourth-order valence-corrected chi connectivity index (χ4v) is 4.02. The number of rotatable bonds is 3. The van der Waals surface area contributed by atoms with Crippen LogP contribution in [0.3, 0.4) is 0 Å². The van der Waals surface area contributed by atoms with E-state index in [1.807, 2.05) is 6.92 Å². The lowest BCUT2D eigenvalue weighted by Gasteiger charge is -2.11. The third-order valence-corrected chi connectivity index (χ3v) is 5.57. The minimum atomic E-state index is -1.16. The van der Waals surface area contributed by atoms with Gasteiger partial charge in [0.05, 0.1) is 5.00 Å².